The van der Waals surface area contributed by atoms with E-state index in [-0.39, 0.29) is 17.4 Å². The quantitative estimate of drug-likeness (QED) is 0.842. The van der Waals surface area contributed by atoms with Crippen LogP contribution < -0.4 is 10.1 Å². The number of ether oxygens (including phenoxy) is 1. The predicted octanol–water partition coefficient (Wildman–Crippen LogP) is 1.96. The van der Waals surface area contributed by atoms with Crippen molar-refractivity contribution >= 4 is 29.1 Å². The monoisotopic (exact) mass is 253 g/mol. The zero-order valence-electron chi connectivity index (χ0n) is 9.86. The summed E-state index contributed by atoms with van der Waals surface area (Å²) in [5, 5.41) is 2.74. The van der Waals surface area contributed by atoms with Crippen LogP contribution in [0, 0.1) is 0 Å². The van der Waals surface area contributed by atoms with E-state index in [4.69, 9.17) is 4.74 Å². The highest BCUT2D eigenvalue weighted by Gasteiger charge is 2.03. The summed E-state index contributed by atoms with van der Waals surface area (Å²) in [6.45, 7) is 1.51. The average Bonchev–Trinajstić information content (AvgIpc) is 2.29. The minimum atomic E-state index is -0.110. The van der Waals surface area contributed by atoms with Crippen LogP contribution >= 0.6 is 11.8 Å². The van der Waals surface area contributed by atoms with Crippen molar-refractivity contribution in [3.63, 3.8) is 0 Å². The summed E-state index contributed by atoms with van der Waals surface area (Å²) in [4.78, 5) is 22.2. The van der Waals surface area contributed by atoms with Gasteiger partial charge < -0.3 is 10.1 Å². The van der Waals surface area contributed by atoms with Crippen LogP contribution in [0.5, 0.6) is 5.75 Å². The maximum atomic E-state index is 11.5. The van der Waals surface area contributed by atoms with E-state index in [2.05, 4.69) is 5.32 Å². The number of amides is 1. The molecule has 0 aliphatic rings. The second kappa shape index (κ2) is 6.96. The lowest BCUT2D eigenvalue weighted by Gasteiger charge is -2.05. The Labute approximate surface area is 105 Å². The van der Waals surface area contributed by atoms with Gasteiger partial charge in [-0.25, -0.2) is 0 Å². The Kier molecular flexibility index (Phi) is 5.56. The maximum absolute atomic E-state index is 11.5. The molecule has 1 aromatic rings. The molecule has 0 aromatic heterocycles. The molecule has 17 heavy (non-hydrogen) atoms. The number of nitrogens with one attached hydrogen (secondary N) is 1. The third-order valence-electron chi connectivity index (χ3n) is 1.91. The molecule has 0 atom stereocenters. The first-order valence-electron chi connectivity index (χ1n) is 5.13. The van der Waals surface area contributed by atoms with E-state index in [9.17, 15) is 9.59 Å². The van der Waals surface area contributed by atoms with Crippen molar-refractivity contribution in [2.45, 2.75) is 6.92 Å². The van der Waals surface area contributed by atoms with Crippen molar-refractivity contribution in [3.05, 3.63) is 24.3 Å². The second-order valence-electron chi connectivity index (χ2n) is 3.47. The van der Waals surface area contributed by atoms with Gasteiger partial charge >= 0.3 is 0 Å². The van der Waals surface area contributed by atoms with Crippen LogP contribution in [0.25, 0.3) is 0 Å². The smallest absolute Gasteiger partial charge is 0.234 e. The summed E-state index contributed by atoms with van der Waals surface area (Å²) in [6, 6.07) is 7.09. The summed E-state index contributed by atoms with van der Waals surface area (Å²) in [7, 11) is 1.59. The van der Waals surface area contributed by atoms with Crippen molar-refractivity contribution in [2.75, 3.05) is 23.9 Å². The highest BCUT2D eigenvalue weighted by atomic mass is 32.2. The van der Waals surface area contributed by atoms with E-state index in [0.717, 1.165) is 11.4 Å². The van der Waals surface area contributed by atoms with Crippen LogP contribution in [0.4, 0.5) is 5.69 Å². The molecule has 1 aromatic carbocycles. The predicted molar refractivity (Wildman–Crippen MR) is 69.6 cm³/mol. The summed E-state index contributed by atoms with van der Waals surface area (Å²) in [5.74, 6) is 1.37. The standard InChI is InChI=1S/C12H15NO3S/c1-9(14)7-17-8-12(15)13-10-3-5-11(16-2)6-4-10/h3-6H,7-8H2,1-2H3,(H,13,15). The molecule has 0 aliphatic heterocycles. The lowest BCUT2D eigenvalue weighted by atomic mass is 10.3. The molecule has 0 aliphatic carbocycles. The first-order chi connectivity index (χ1) is 8.11. The van der Waals surface area contributed by atoms with Gasteiger partial charge in [0.2, 0.25) is 5.91 Å². The molecule has 4 nitrogen and oxygen atoms in total. The van der Waals surface area contributed by atoms with Crippen LogP contribution in [-0.4, -0.2) is 30.3 Å². The van der Waals surface area contributed by atoms with Crippen LogP contribution in [-0.2, 0) is 9.59 Å². The number of hydrogen-bond donors (Lipinski definition) is 1. The van der Waals surface area contributed by atoms with E-state index in [0.29, 0.717) is 5.75 Å². The zero-order chi connectivity index (χ0) is 12.7. The van der Waals surface area contributed by atoms with Crippen molar-refractivity contribution in [3.8, 4) is 5.75 Å². The third kappa shape index (κ3) is 5.40. The number of hydrogen-bond acceptors (Lipinski definition) is 4. The van der Waals surface area contributed by atoms with E-state index < -0.39 is 0 Å². The average molecular weight is 253 g/mol. The molecule has 0 bridgehead atoms. The number of ketones is 1. The Morgan fingerprint density at radius 3 is 2.41 bits per heavy atom. The molecule has 0 saturated heterocycles. The van der Waals surface area contributed by atoms with Crippen molar-refractivity contribution in [1.82, 2.24) is 0 Å². The van der Waals surface area contributed by atoms with E-state index in [1.807, 2.05) is 0 Å². The number of benzene rings is 1. The SMILES string of the molecule is COc1ccc(NC(=O)CSCC(C)=O)cc1. The van der Waals surface area contributed by atoms with Crippen molar-refractivity contribution in [1.29, 1.82) is 0 Å². The summed E-state index contributed by atoms with van der Waals surface area (Å²) in [5.41, 5.74) is 0.722. The fraction of sp³-hybridized carbons (Fsp3) is 0.333. The van der Waals surface area contributed by atoms with Gasteiger partial charge in [-0.2, -0.15) is 0 Å². The summed E-state index contributed by atoms with van der Waals surface area (Å²) in [6.07, 6.45) is 0. The van der Waals surface area contributed by atoms with Gasteiger partial charge in [0.15, 0.2) is 0 Å². The highest BCUT2D eigenvalue weighted by molar-refractivity contribution is 8.00. The summed E-state index contributed by atoms with van der Waals surface area (Å²) < 4.78 is 5.01. The lowest BCUT2D eigenvalue weighted by molar-refractivity contribution is -0.114. The number of carbonyl (C=O) groups is 2. The number of carbonyl (C=O) groups excluding carboxylic acids is 2. The molecule has 0 saturated carbocycles. The van der Waals surface area contributed by atoms with E-state index in [1.165, 1.54) is 18.7 Å². The fourth-order valence-electron chi connectivity index (χ4n) is 1.16. The molecule has 0 unspecified atom stereocenters. The zero-order valence-corrected chi connectivity index (χ0v) is 10.7. The van der Waals surface area contributed by atoms with Gasteiger partial charge in [-0.1, -0.05) is 0 Å². The number of thioether (sulfide) groups is 1. The normalized spacial score (nSPS) is 9.76. The number of Topliss-reactive ketones (excluding diaryl/α,β-unsaturated/α-hetero) is 1. The van der Waals surface area contributed by atoms with Crippen molar-refractivity contribution < 1.29 is 14.3 Å². The minimum Gasteiger partial charge on any atom is -0.497 e. The van der Waals surface area contributed by atoms with Gasteiger partial charge in [0.1, 0.15) is 11.5 Å². The number of methoxy groups -OCH3 is 1. The number of rotatable bonds is 6. The van der Waals surface area contributed by atoms with Gasteiger partial charge in [-0.05, 0) is 31.2 Å². The molecule has 92 valence electrons. The largest absolute Gasteiger partial charge is 0.497 e. The molecule has 0 heterocycles. The van der Waals surface area contributed by atoms with Crippen LogP contribution in [0.3, 0.4) is 0 Å². The lowest BCUT2D eigenvalue weighted by Crippen LogP contribution is -2.14. The molecule has 5 heteroatoms. The van der Waals surface area contributed by atoms with Gasteiger partial charge in [-0.3, -0.25) is 9.59 Å². The molecule has 0 radical (unpaired) electrons. The molecule has 1 rings (SSSR count). The van der Waals surface area contributed by atoms with Gasteiger partial charge in [0, 0.05) is 5.69 Å². The third-order valence-corrected chi connectivity index (χ3v) is 2.99. The summed E-state index contributed by atoms with van der Waals surface area (Å²) >= 11 is 1.31. The Bertz CT molecular complexity index is 389. The molecule has 0 fully saturated rings. The fourth-order valence-corrected chi connectivity index (χ4v) is 1.81. The van der Waals surface area contributed by atoms with Gasteiger partial charge in [0.25, 0.3) is 0 Å². The Morgan fingerprint density at radius 1 is 1.24 bits per heavy atom. The van der Waals surface area contributed by atoms with E-state index in [1.54, 1.807) is 31.4 Å². The molecule has 0 spiro atoms. The van der Waals surface area contributed by atoms with Crippen LogP contribution in [0.2, 0.25) is 0 Å². The Balaban J connectivity index is 2.37. The second-order valence-corrected chi connectivity index (χ2v) is 4.46. The first kappa shape index (κ1) is 13.6. The molecular weight excluding hydrogens is 238 g/mol. The van der Waals surface area contributed by atoms with Gasteiger partial charge in [0.05, 0.1) is 18.6 Å². The molecular formula is C12H15NO3S. The van der Waals surface area contributed by atoms with E-state index >= 15 is 0 Å². The Hall–Kier alpha value is -1.49. The highest BCUT2D eigenvalue weighted by Crippen LogP contribution is 2.15. The minimum absolute atomic E-state index is 0.0762. The van der Waals surface area contributed by atoms with Crippen LogP contribution in [0.1, 0.15) is 6.92 Å². The Morgan fingerprint density at radius 2 is 1.88 bits per heavy atom. The molecule has 1 amide bonds. The first-order valence-corrected chi connectivity index (χ1v) is 6.28. The van der Waals surface area contributed by atoms with Crippen LogP contribution in [0.15, 0.2) is 24.3 Å². The number of anilines is 1. The topological polar surface area (TPSA) is 55.4 Å². The molecule has 1 N–H and O–H groups in total. The van der Waals surface area contributed by atoms with Crippen molar-refractivity contribution in [2.24, 2.45) is 0 Å². The van der Waals surface area contributed by atoms with Gasteiger partial charge in [-0.15, -0.1) is 11.8 Å². The maximum Gasteiger partial charge on any atom is 0.234 e.